The highest BCUT2D eigenvalue weighted by atomic mass is 35.5. The van der Waals surface area contributed by atoms with Gasteiger partial charge in [0, 0.05) is 19.0 Å². The Morgan fingerprint density at radius 3 is 2.55 bits per heavy atom. The Morgan fingerprint density at radius 2 is 1.91 bits per heavy atom. The number of nitrogens with two attached hydrogens (primary N) is 1. The molecule has 1 aromatic carbocycles. The largest absolute Gasteiger partial charge is 0.336 e. The number of halogens is 1. The first kappa shape index (κ1) is 17.3. The van der Waals surface area contributed by atoms with E-state index in [1.54, 1.807) is 0 Å². The lowest BCUT2D eigenvalue weighted by atomic mass is 9.98. The van der Waals surface area contributed by atoms with Crippen molar-refractivity contribution in [3.05, 3.63) is 35.4 Å². The maximum absolute atomic E-state index is 12.7. The Hall–Kier alpha value is -1.06. The minimum atomic E-state index is 0. The molecule has 1 aliphatic carbocycles. The van der Waals surface area contributed by atoms with E-state index >= 15 is 0 Å². The number of carbonyl (C=O) groups is 1. The van der Waals surface area contributed by atoms with Crippen molar-refractivity contribution in [2.75, 3.05) is 6.54 Å². The number of aryl methyl sites for hydroxylation is 1. The number of amides is 1. The van der Waals surface area contributed by atoms with Crippen molar-refractivity contribution in [3.63, 3.8) is 0 Å². The Labute approximate surface area is 139 Å². The molecular weight excluding hydrogens is 296 g/mol. The van der Waals surface area contributed by atoms with Crippen LogP contribution < -0.4 is 5.73 Å². The molecule has 3 rings (SSSR count). The van der Waals surface area contributed by atoms with E-state index in [-0.39, 0.29) is 24.5 Å². The smallest absolute Gasteiger partial charge is 0.223 e. The third-order valence-electron chi connectivity index (χ3n) is 5.19. The molecule has 22 heavy (non-hydrogen) atoms. The predicted octanol–water partition coefficient (Wildman–Crippen LogP) is 3.60. The predicted molar refractivity (Wildman–Crippen MR) is 92.0 cm³/mol. The summed E-state index contributed by atoms with van der Waals surface area (Å²) in [5.74, 6) is 0.706. The number of carbonyl (C=O) groups excluding carboxylic acids is 1. The zero-order valence-corrected chi connectivity index (χ0v) is 14.1. The first-order chi connectivity index (χ1) is 10.1. The van der Waals surface area contributed by atoms with Crippen molar-refractivity contribution in [1.82, 2.24) is 4.90 Å². The van der Waals surface area contributed by atoms with Crippen LogP contribution in [0.25, 0.3) is 0 Å². The van der Waals surface area contributed by atoms with Gasteiger partial charge in [-0.1, -0.05) is 36.2 Å². The highest BCUT2D eigenvalue weighted by Crippen LogP contribution is 2.34. The Kier molecular flexibility index (Phi) is 5.87. The molecule has 0 bridgehead atoms. The van der Waals surface area contributed by atoms with Crippen molar-refractivity contribution in [1.29, 1.82) is 0 Å². The molecule has 1 saturated carbocycles. The van der Waals surface area contributed by atoms with Gasteiger partial charge in [0.15, 0.2) is 0 Å². The molecule has 1 aromatic rings. The van der Waals surface area contributed by atoms with Crippen LogP contribution in [0.4, 0.5) is 0 Å². The highest BCUT2D eigenvalue weighted by molar-refractivity contribution is 5.85. The van der Waals surface area contributed by atoms with E-state index < -0.39 is 0 Å². The fourth-order valence-corrected chi connectivity index (χ4v) is 3.86. The van der Waals surface area contributed by atoms with E-state index in [0.29, 0.717) is 18.2 Å². The van der Waals surface area contributed by atoms with Gasteiger partial charge in [0.25, 0.3) is 0 Å². The molecule has 122 valence electrons. The monoisotopic (exact) mass is 322 g/mol. The summed E-state index contributed by atoms with van der Waals surface area (Å²) < 4.78 is 0. The van der Waals surface area contributed by atoms with E-state index in [1.165, 1.54) is 17.5 Å². The third-order valence-corrected chi connectivity index (χ3v) is 5.19. The third kappa shape index (κ3) is 3.64. The Morgan fingerprint density at radius 1 is 1.18 bits per heavy atom. The zero-order chi connectivity index (χ0) is 14.8. The van der Waals surface area contributed by atoms with Crippen LogP contribution in [0.1, 0.15) is 55.7 Å². The van der Waals surface area contributed by atoms with E-state index in [0.717, 1.165) is 32.2 Å². The Bertz CT molecular complexity index is 502. The lowest BCUT2D eigenvalue weighted by Gasteiger charge is -2.27. The molecule has 2 aliphatic rings. The van der Waals surface area contributed by atoms with Gasteiger partial charge < -0.3 is 10.6 Å². The summed E-state index contributed by atoms with van der Waals surface area (Å²) in [6.45, 7) is 3.00. The van der Waals surface area contributed by atoms with Gasteiger partial charge in [-0.3, -0.25) is 4.79 Å². The van der Waals surface area contributed by atoms with E-state index in [1.807, 2.05) is 0 Å². The maximum Gasteiger partial charge on any atom is 0.223 e. The summed E-state index contributed by atoms with van der Waals surface area (Å²) >= 11 is 0. The van der Waals surface area contributed by atoms with E-state index in [4.69, 9.17) is 5.73 Å². The fraction of sp³-hybridized carbons (Fsp3) is 0.611. The summed E-state index contributed by atoms with van der Waals surface area (Å²) in [5.41, 5.74) is 8.67. The summed E-state index contributed by atoms with van der Waals surface area (Å²) in [6.07, 6.45) is 6.23. The zero-order valence-electron chi connectivity index (χ0n) is 13.3. The van der Waals surface area contributed by atoms with Crippen LogP contribution >= 0.6 is 12.4 Å². The van der Waals surface area contributed by atoms with Crippen LogP contribution in [-0.4, -0.2) is 23.4 Å². The lowest BCUT2D eigenvalue weighted by Crippen LogP contribution is -2.35. The molecule has 2 N–H and O–H groups in total. The number of benzene rings is 1. The summed E-state index contributed by atoms with van der Waals surface area (Å²) in [5, 5.41) is 0. The molecule has 1 saturated heterocycles. The topological polar surface area (TPSA) is 46.3 Å². The average molecular weight is 323 g/mol. The minimum Gasteiger partial charge on any atom is -0.336 e. The highest BCUT2D eigenvalue weighted by Gasteiger charge is 2.33. The van der Waals surface area contributed by atoms with Gasteiger partial charge in [-0.25, -0.2) is 0 Å². The number of rotatable bonds is 3. The summed E-state index contributed by atoms with van der Waals surface area (Å²) in [6, 6.07) is 9.14. The van der Waals surface area contributed by atoms with Gasteiger partial charge in [-0.2, -0.15) is 0 Å². The maximum atomic E-state index is 12.7. The van der Waals surface area contributed by atoms with E-state index in [2.05, 4.69) is 36.1 Å². The molecule has 1 amide bonds. The molecule has 4 heteroatoms. The molecule has 0 aromatic heterocycles. The molecule has 1 unspecified atom stereocenters. The van der Waals surface area contributed by atoms with Crippen LogP contribution in [0.5, 0.6) is 0 Å². The number of hydrogen-bond acceptors (Lipinski definition) is 2. The number of likely N-dealkylation sites (tertiary alicyclic amines) is 1. The summed E-state index contributed by atoms with van der Waals surface area (Å²) in [4.78, 5) is 14.8. The van der Waals surface area contributed by atoms with Crippen molar-refractivity contribution in [2.45, 2.75) is 57.5 Å². The van der Waals surface area contributed by atoms with Gasteiger partial charge in [0.05, 0.1) is 6.04 Å². The quantitative estimate of drug-likeness (QED) is 0.924. The van der Waals surface area contributed by atoms with Gasteiger partial charge in [0.2, 0.25) is 5.91 Å². The SMILES string of the molecule is Cc1ccc(C2CCCN2C(=O)C[C@@H]2CCC[C@H]2N)cc1.Cl. The van der Waals surface area contributed by atoms with Crippen molar-refractivity contribution < 1.29 is 4.79 Å². The molecule has 1 aliphatic heterocycles. The second-order valence-electron chi connectivity index (χ2n) is 6.71. The fourth-order valence-electron chi connectivity index (χ4n) is 3.86. The van der Waals surface area contributed by atoms with Crippen LogP contribution in [0.15, 0.2) is 24.3 Å². The molecule has 0 radical (unpaired) electrons. The van der Waals surface area contributed by atoms with E-state index in [9.17, 15) is 4.79 Å². The normalized spacial score (nSPS) is 27.7. The van der Waals surface area contributed by atoms with Crippen molar-refractivity contribution >= 4 is 18.3 Å². The molecule has 3 atom stereocenters. The second-order valence-corrected chi connectivity index (χ2v) is 6.71. The number of nitrogens with zero attached hydrogens (tertiary/aromatic N) is 1. The van der Waals surface area contributed by atoms with Gasteiger partial charge in [-0.05, 0) is 44.1 Å². The molecular formula is C18H27ClN2O. The Balaban J connectivity index is 0.00000176. The van der Waals surface area contributed by atoms with Crippen molar-refractivity contribution in [3.8, 4) is 0 Å². The van der Waals surface area contributed by atoms with Crippen LogP contribution in [0.2, 0.25) is 0 Å². The standard InChI is InChI=1S/C18H26N2O.ClH/c1-13-7-9-14(10-8-13)17-6-3-11-20(17)18(21)12-15-4-2-5-16(15)19;/h7-10,15-17H,2-6,11-12,19H2,1H3;1H/t15-,16+,17?;/m0./s1. The first-order valence-corrected chi connectivity index (χ1v) is 8.27. The summed E-state index contributed by atoms with van der Waals surface area (Å²) in [7, 11) is 0. The molecule has 1 heterocycles. The second kappa shape index (κ2) is 7.47. The lowest BCUT2D eigenvalue weighted by molar-refractivity contribution is -0.133. The van der Waals surface area contributed by atoms with Gasteiger partial charge in [0.1, 0.15) is 0 Å². The van der Waals surface area contributed by atoms with Gasteiger partial charge in [-0.15, -0.1) is 12.4 Å². The van der Waals surface area contributed by atoms with Crippen LogP contribution in [0, 0.1) is 12.8 Å². The van der Waals surface area contributed by atoms with Crippen molar-refractivity contribution in [2.24, 2.45) is 11.7 Å². The van der Waals surface area contributed by atoms with Crippen LogP contribution in [-0.2, 0) is 4.79 Å². The first-order valence-electron chi connectivity index (χ1n) is 8.27. The molecule has 3 nitrogen and oxygen atoms in total. The minimum absolute atomic E-state index is 0. The van der Waals surface area contributed by atoms with Crippen LogP contribution in [0.3, 0.4) is 0 Å². The van der Waals surface area contributed by atoms with Gasteiger partial charge >= 0.3 is 0 Å². The average Bonchev–Trinajstić information content (AvgIpc) is 3.09. The molecule has 2 fully saturated rings. The number of hydrogen-bond donors (Lipinski definition) is 1. The molecule has 0 spiro atoms.